The highest BCUT2D eigenvalue weighted by Gasteiger charge is 2.32. The molecule has 2 atom stereocenters. The van der Waals surface area contributed by atoms with Gasteiger partial charge in [0.2, 0.25) is 0 Å². The van der Waals surface area contributed by atoms with Crippen LogP contribution in [0.5, 0.6) is 0 Å². The van der Waals surface area contributed by atoms with Gasteiger partial charge in [-0.3, -0.25) is 19.9 Å². The molecule has 0 aromatic heterocycles. The van der Waals surface area contributed by atoms with Crippen LogP contribution in [0.25, 0.3) is 0 Å². The number of para-hydroxylation sites is 2. The Balaban J connectivity index is 1.59. The van der Waals surface area contributed by atoms with Gasteiger partial charge in [0.15, 0.2) is 0 Å². The van der Waals surface area contributed by atoms with Gasteiger partial charge in [-0.1, -0.05) is 24.3 Å². The Bertz CT molecular complexity index is 1060. The van der Waals surface area contributed by atoms with Crippen molar-refractivity contribution < 1.29 is 19.4 Å². The van der Waals surface area contributed by atoms with Crippen molar-refractivity contribution in [2.45, 2.75) is 78.3 Å². The molecular formula is C29H42N4O4. The van der Waals surface area contributed by atoms with Crippen molar-refractivity contribution in [2.24, 2.45) is 0 Å². The zero-order chi connectivity index (χ0) is 27.4. The fourth-order valence-corrected chi connectivity index (χ4v) is 4.68. The van der Waals surface area contributed by atoms with Crippen LogP contribution in [0.4, 0.5) is 16.2 Å². The molecule has 0 bridgehead atoms. The molecule has 1 aliphatic heterocycles. The number of aliphatic hydroxyl groups is 1. The van der Waals surface area contributed by atoms with Crippen molar-refractivity contribution in [3.63, 3.8) is 0 Å². The van der Waals surface area contributed by atoms with Crippen LogP contribution in [-0.2, 0) is 11.3 Å². The number of amides is 2. The maximum Gasteiger partial charge on any atom is 0.412 e. The van der Waals surface area contributed by atoms with Gasteiger partial charge < -0.3 is 15.2 Å². The molecule has 0 aliphatic carbocycles. The van der Waals surface area contributed by atoms with Crippen molar-refractivity contribution in [1.29, 1.82) is 0 Å². The highest BCUT2D eigenvalue weighted by Crippen LogP contribution is 2.24. The summed E-state index contributed by atoms with van der Waals surface area (Å²) in [5.74, 6) is -0.257. The van der Waals surface area contributed by atoms with Crippen LogP contribution >= 0.6 is 0 Å². The summed E-state index contributed by atoms with van der Waals surface area (Å²) < 4.78 is 5.32. The molecule has 1 fully saturated rings. The lowest BCUT2D eigenvalue weighted by Gasteiger charge is -2.46. The Morgan fingerprint density at radius 3 is 1.97 bits per heavy atom. The third kappa shape index (κ3) is 8.84. The number of ether oxygens (including phenoxy) is 1. The monoisotopic (exact) mass is 510 g/mol. The van der Waals surface area contributed by atoms with Crippen LogP contribution in [0.1, 0.15) is 64.4 Å². The maximum absolute atomic E-state index is 12.9. The molecule has 1 aliphatic rings. The number of rotatable bonds is 7. The largest absolute Gasteiger partial charge is 0.444 e. The van der Waals surface area contributed by atoms with E-state index in [-0.39, 0.29) is 5.91 Å². The number of nitrogens with one attached hydrogen (secondary N) is 2. The van der Waals surface area contributed by atoms with Crippen LogP contribution in [0.2, 0.25) is 0 Å². The normalized spacial score (nSPS) is 19.4. The van der Waals surface area contributed by atoms with Crippen molar-refractivity contribution >= 4 is 23.4 Å². The number of hydrogen-bond donors (Lipinski definition) is 3. The molecule has 202 valence electrons. The zero-order valence-corrected chi connectivity index (χ0v) is 23.2. The molecule has 8 heteroatoms. The SMILES string of the molecule is C[C@@H]1CN(Cc2ccc(C(=O)Nc3ccccc3NC(=O)OC(C)(C)C)cc2)C[C@H](C)N1CC(C)(C)O. The summed E-state index contributed by atoms with van der Waals surface area (Å²) in [6, 6.07) is 15.3. The number of hydrogen-bond acceptors (Lipinski definition) is 6. The van der Waals surface area contributed by atoms with E-state index in [1.54, 1.807) is 45.0 Å². The minimum Gasteiger partial charge on any atom is -0.444 e. The predicted molar refractivity (Wildman–Crippen MR) is 148 cm³/mol. The first-order valence-corrected chi connectivity index (χ1v) is 12.9. The zero-order valence-electron chi connectivity index (χ0n) is 23.2. The Hall–Kier alpha value is -2.94. The average Bonchev–Trinajstić information content (AvgIpc) is 2.76. The van der Waals surface area contributed by atoms with E-state index in [2.05, 4.69) is 34.3 Å². The molecular weight excluding hydrogens is 468 g/mol. The van der Waals surface area contributed by atoms with Crippen molar-refractivity contribution in [3.05, 3.63) is 59.7 Å². The smallest absolute Gasteiger partial charge is 0.412 e. The second-order valence-electron chi connectivity index (χ2n) is 11.7. The first-order chi connectivity index (χ1) is 17.2. The lowest BCUT2D eigenvalue weighted by molar-refractivity contribution is -0.0300. The van der Waals surface area contributed by atoms with Gasteiger partial charge in [0.1, 0.15) is 5.60 Å². The second-order valence-corrected chi connectivity index (χ2v) is 11.7. The molecule has 2 aromatic carbocycles. The molecule has 2 aromatic rings. The second kappa shape index (κ2) is 11.6. The summed E-state index contributed by atoms with van der Waals surface area (Å²) >= 11 is 0. The molecule has 3 rings (SSSR count). The Morgan fingerprint density at radius 2 is 1.46 bits per heavy atom. The number of piperazine rings is 1. The third-order valence-corrected chi connectivity index (χ3v) is 6.18. The average molecular weight is 511 g/mol. The van der Waals surface area contributed by atoms with Gasteiger partial charge in [0.05, 0.1) is 17.0 Å². The minimum atomic E-state index is -0.715. The summed E-state index contributed by atoms with van der Waals surface area (Å²) in [5.41, 5.74) is 1.30. The molecule has 0 spiro atoms. The molecule has 1 saturated heterocycles. The van der Waals surface area contributed by atoms with E-state index in [9.17, 15) is 14.7 Å². The van der Waals surface area contributed by atoms with Gasteiger partial charge in [-0.2, -0.15) is 0 Å². The van der Waals surface area contributed by atoms with Crippen molar-refractivity contribution in [3.8, 4) is 0 Å². The molecule has 3 N–H and O–H groups in total. The first-order valence-electron chi connectivity index (χ1n) is 12.9. The molecule has 1 heterocycles. The van der Waals surface area contributed by atoms with Crippen molar-refractivity contribution in [1.82, 2.24) is 9.80 Å². The molecule has 0 unspecified atom stereocenters. The van der Waals surface area contributed by atoms with Gasteiger partial charge in [-0.25, -0.2) is 4.79 Å². The van der Waals surface area contributed by atoms with E-state index < -0.39 is 17.3 Å². The van der Waals surface area contributed by atoms with Crippen molar-refractivity contribution in [2.75, 3.05) is 30.3 Å². The fraction of sp³-hybridized carbons (Fsp3) is 0.517. The van der Waals surface area contributed by atoms with Gasteiger partial charge in [-0.05, 0) is 78.3 Å². The number of benzene rings is 2. The van der Waals surface area contributed by atoms with Gasteiger partial charge in [-0.15, -0.1) is 0 Å². The van der Waals surface area contributed by atoms with Crippen LogP contribution in [0.15, 0.2) is 48.5 Å². The first kappa shape index (κ1) is 28.6. The lowest BCUT2D eigenvalue weighted by Crippen LogP contribution is -2.59. The topological polar surface area (TPSA) is 94.1 Å². The van der Waals surface area contributed by atoms with E-state index >= 15 is 0 Å². The summed E-state index contributed by atoms with van der Waals surface area (Å²) in [5, 5.41) is 15.8. The Kier molecular flexibility index (Phi) is 9.00. The summed E-state index contributed by atoms with van der Waals surface area (Å²) in [6.07, 6.45) is -0.580. The number of anilines is 2. The highest BCUT2D eigenvalue weighted by molar-refractivity contribution is 6.06. The van der Waals surface area contributed by atoms with E-state index in [1.807, 2.05) is 38.1 Å². The highest BCUT2D eigenvalue weighted by atomic mass is 16.6. The Morgan fingerprint density at radius 1 is 0.919 bits per heavy atom. The lowest BCUT2D eigenvalue weighted by atomic mass is 10.0. The van der Waals surface area contributed by atoms with Gasteiger partial charge in [0.25, 0.3) is 5.91 Å². The minimum absolute atomic E-state index is 0.257. The van der Waals surface area contributed by atoms with Crippen LogP contribution in [-0.4, -0.2) is 69.8 Å². The van der Waals surface area contributed by atoms with Crippen LogP contribution < -0.4 is 10.6 Å². The number of β-amino-alcohol motifs (C(OH)–C–C–N with tert-alkyl or cyclic N) is 1. The van der Waals surface area contributed by atoms with Crippen LogP contribution in [0, 0.1) is 0 Å². The fourth-order valence-electron chi connectivity index (χ4n) is 4.68. The van der Waals surface area contributed by atoms with E-state index in [4.69, 9.17) is 4.74 Å². The van der Waals surface area contributed by atoms with E-state index in [1.165, 1.54) is 0 Å². The van der Waals surface area contributed by atoms with E-state index in [0.717, 1.165) is 25.2 Å². The summed E-state index contributed by atoms with van der Waals surface area (Å²) in [7, 11) is 0. The summed E-state index contributed by atoms with van der Waals surface area (Å²) in [4.78, 5) is 29.9. The maximum atomic E-state index is 12.9. The van der Waals surface area contributed by atoms with E-state index in [0.29, 0.717) is 35.6 Å². The molecule has 0 saturated carbocycles. The van der Waals surface area contributed by atoms with Gasteiger partial charge >= 0.3 is 6.09 Å². The van der Waals surface area contributed by atoms with Crippen LogP contribution in [0.3, 0.4) is 0 Å². The molecule has 8 nitrogen and oxygen atoms in total. The third-order valence-electron chi connectivity index (χ3n) is 6.18. The number of nitrogens with zero attached hydrogens (tertiary/aromatic N) is 2. The number of carbonyl (C=O) groups is 2. The molecule has 37 heavy (non-hydrogen) atoms. The molecule has 2 amide bonds. The summed E-state index contributed by atoms with van der Waals surface area (Å²) in [6.45, 7) is 16.8. The standard InChI is InChI=1S/C29H42N4O4/c1-20-16-32(17-21(2)33(20)19-29(6,7)36)18-22-12-14-23(15-13-22)26(34)30-24-10-8-9-11-25(24)31-27(35)37-28(3,4)5/h8-15,20-21,36H,16-19H2,1-7H3,(H,30,34)(H,31,35)/t20-,21+. The number of carbonyl (C=O) groups excluding carboxylic acids is 2. The predicted octanol–water partition coefficient (Wildman–Crippen LogP) is 4.95. The Labute approximate surface area is 221 Å². The van der Waals surface area contributed by atoms with Gasteiger partial charge in [0, 0.05) is 43.8 Å². The quantitative estimate of drug-likeness (QED) is 0.488. The molecule has 0 radical (unpaired) electrons.